The summed E-state index contributed by atoms with van der Waals surface area (Å²) in [6, 6.07) is 9.70. The van der Waals surface area contributed by atoms with E-state index in [-0.39, 0.29) is 6.10 Å². The topological polar surface area (TPSA) is 29.5 Å². The minimum absolute atomic E-state index is 0.124. The normalized spacial score (nSPS) is 19.4. The molecule has 1 aromatic rings. The molecule has 1 aromatic carbocycles. The number of aliphatic hydroxyl groups is 1. The Morgan fingerprint density at radius 3 is 2.62 bits per heavy atom. The number of aliphatic hydroxyl groups excluding tert-OH is 1. The number of benzene rings is 1. The fourth-order valence-electron chi connectivity index (χ4n) is 1.84. The van der Waals surface area contributed by atoms with Crippen LogP contribution < -0.4 is 0 Å². The Morgan fingerprint density at radius 1 is 1.31 bits per heavy atom. The van der Waals surface area contributed by atoms with Crippen LogP contribution in [0.5, 0.6) is 0 Å². The molecule has 1 aliphatic rings. The number of hydrogen-bond donors (Lipinski definition) is 1. The SMILES string of the molecule is CC(OCCC1CC1)C(O)c1ccccc1. The molecule has 88 valence electrons. The summed E-state index contributed by atoms with van der Waals surface area (Å²) in [5, 5.41) is 10.0. The van der Waals surface area contributed by atoms with Crippen LogP contribution >= 0.6 is 0 Å². The summed E-state index contributed by atoms with van der Waals surface area (Å²) in [6.07, 6.45) is 3.23. The fraction of sp³-hybridized carbons (Fsp3) is 0.571. The molecular weight excluding hydrogens is 200 g/mol. The number of ether oxygens (including phenoxy) is 1. The first kappa shape index (κ1) is 11.6. The average Bonchev–Trinajstić information content (AvgIpc) is 3.13. The van der Waals surface area contributed by atoms with E-state index in [9.17, 15) is 5.11 Å². The molecule has 1 N–H and O–H groups in total. The second-order valence-corrected chi connectivity index (χ2v) is 4.66. The van der Waals surface area contributed by atoms with Gasteiger partial charge in [0.2, 0.25) is 0 Å². The molecule has 2 rings (SSSR count). The smallest absolute Gasteiger partial charge is 0.105 e. The Morgan fingerprint density at radius 2 is 2.00 bits per heavy atom. The van der Waals surface area contributed by atoms with Crippen molar-refractivity contribution in [1.82, 2.24) is 0 Å². The van der Waals surface area contributed by atoms with Crippen molar-refractivity contribution in [2.24, 2.45) is 5.92 Å². The van der Waals surface area contributed by atoms with E-state index >= 15 is 0 Å². The maximum Gasteiger partial charge on any atom is 0.105 e. The van der Waals surface area contributed by atoms with Crippen LogP contribution in [0.15, 0.2) is 30.3 Å². The number of rotatable bonds is 6. The van der Waals surface area contributed by atoms with Crippen LogP contribution in [0.4, 0.5) is 0 Å². The summed E-state index contributed by atoms with van der Waals surface area (Å²) < 4.78 is 5.66. The predicted molar refractivity (Wildman–Crippen MR) is 64.2 cm³/mol. The molecule has 1 saturated carbocycles. The van der Waals surface area contributed by atoms with Crippen molar-refractivity contribution in [2.75, 3.05) is 6.61 Å². The quantitative estimate of drug-likeness (QED) is 0.798. The van der Waals surface area contributed by atoms with E-state index in [0.29, 0.717) is 0 Å². The molecule has 0 bridgehead atoms. The molecule has 16 heavy (non-hydrogen) atoms. The average molecular weight is 220 g/mol. The maximum absolute atomic E-state index is 10.0. The van der Waals surface area contributed by atoms with Gasteiger partial charge in [-0.3, -0.25) is 0 Å². The maximum atomic E-state index is 10.0. The lowest BCUT2D eigenvalue weighted by Gasteiger charge is -2.19. The highest BCUT2D eigenvalue weighted by molar-refractivity contribution is 5.18. The van der Waals surface area contributed by atoms with Crippen LogP contribution in [0.1, 0.15) is 37.9 Å². The van der Waals surface area contributed by atoms with Gasteiger partial charge in [-0.05, 0) is 24.8 Å². The van der Waals surface area contributed by atoms with E-state index in [1.807, 2.05) is 37.3 Å². The molecular formula is C14H20O2. The van der Waals surface area contributed by atoms with Gasteiger partial charge in [-0.15, -0.1) is 0 Å². The number of hydrogen-bond acceptors (Lipinski definition) is 2. The van der Waals surface area contributed by atoms with E-state index in [1.54, 1.807) is 0 Å². The molecule has 2 unspecified atom stereocenters. The molecule has 0 radical (unpaired) electrons. The molecule has 1 aliphatic carbocycles. The summed E-state index contributed by atoms with van der Waals surface area (Å²) in [5.74, 6) is 0.890. The minimum atomic E-state index is -0.514. The van der Waals surface area contributed by atoms with Crippen LogP contribution in [0.2, 0.25) is 0 Å². The van der Waals surface area contributed by atoms with E-state index in [1.165, 1.54) is 12.8 Å². The van der Waals surface area contributed by atoms with Gasteiger partial charge in [0.1, 0.15) is 6.10 Å². The molecule has 1 fully saturated rings. The highest BCUT2D eigenvalue weighted by atomic mass is 16.5. The molecule has 0 heterocycles. The van der Waals surface area contributed by atoms with Crippen molar-refractivity contribution in [3.8, 4) is 0 Å². The Labute approximate surface area is 97.3 Å². The predicted octanol–water partition coefficient (Wildman–Crippen LogP) is 2.93. The molecule has 0 aromatic heterocycles. The van der Waals surface area contributed by atoms with Crippen LogP contribution in [0, 0.1) is 5.92 Å². The van der Waals surface area contributed by atoms with Gasteiger partial charge in [-0.2, -0.15) is 0 Å². The van der Waals surface area contributed by atoms with Gasteiger partial charge in [0.15, 0.2) is 0 Å². The van der Waals surface area contributed by atoms with Gasteiger partial charge in [0.25, 0.3) is 0 Å². The standard InChI is InChI=1S/C14H20O2/c1-11(16-10-9-12-7-8-12)14(15)13-5-3-2-4-6-13/h2-6,11-12,14-15H,7-10H2,1H3. The first-order valence-corrected chi connectivity index (χ1v) is 6.12. The van der Waals surface area contributed by atoms with Crippen molar-refractivity contribution >= 4 is 0 Å². The van der Waals surface area contributed by atoms with Gasteiger partial charge in [0.05, 0.1) is 6.10 Å². The van der Waals surface area contributed by atoms with Crippen molar-refractivity contribution < 1.29 is 9.84 Å². The van der Waals surface area contributed by atoms with Crippen LogP contribution in [-0.4, -0.2) is 17.8 Å². The summed E-state index contributed by atoms with van der Waals surface area (Å²) in [6.45, 7) is 2.71. The van der Waals surface area contributed by atoms with E-state index in [2.05, 4.69) is 0 Å². The van der Waals surface area contributed by atoms with Gasteiger partial charge < -0.3 is 9.84 Å². The zero-order valence-corrected chi connectivity index (χ0v) is 9.80. The highest BCUT2D eigenvalue weighted by Crippen LogP contribution is 2.32. The molecule has 0 spiro atoms. The van der Waals surface area contributed by atoms with E-state index in [4.69, 9.17) is 4.74 Å². The zero-order chi connectivity index (χ0) is 11.4. The second kappa shape index (κ2) is 5.46. The lowest BCUT2D eigenvalue weighted by atomic mass is 10.1. The third-order valence-corrected chi connectivity index (χ3v) is 3.19. The summed E-state index contributed by atoms with van der Waals surface area (Å²) >= 11 is 0. The van der Waals surface area contributed by atoms with Gasteiger partial charge >= 0.3 is 0 Å². The first-order chi connectivity index (χ1) is 7.77. The Kier molecular flexibility index (Phi) is 3.97. The third kappa shape index (κ3) is 3.32. The Balaban J connectivity index is 1.76. The third-order valence-electron chi connectivity index (χ3n) is 3.19. The van der Waals surface area contributed by atoms with Crippen molar-refractivity contribution in [1.29, 1.82) is 0 Å². The first-order valence-electron chi connectivity index (χ1n) is 6.12. The van der Waals surface area contributed by atoms with Crippen LogP contribution in [0.25, 0.3) is 0 Å². The van der Waals surface area contributed by atoms with E-state index < -0.39 is 6.10 Å². The molecule has 2 heteroatoms. The second-order valence-electron chi connectivity index (χ2n) is 4.66. The summed E-state index contributed by atoms with van der Waals surface area (Å²) in [4.78, 5) is 0. The largest absolute Gasteiger partial charge is 0.386 e. The highest BCUT2D eigenvalue weighted by Gasteiger charge is 2.22. The Bertz CT molecular complexity index is 306. The molecule has 0 amide bonds. The molecule has 0 aliphatic heterocycles. The van der Waals surface area contributed by atoms with Gasteiger partial charge in [-0.25, -0.2) is 0 Å². The van der Waals surface area contributed by atoms with Crippen molar-refractivity contribution in [2.45, 2.75) is 38.4 Å². The Hall–Kier alpha value is -0.860. The summed E-state index contributed by atoms with van der Waals surface area (Å²) in [5.41, 5.74) is 0.932. The fourth-order valence-corrected chi connectivity index (χ4v) is 1.84. The monoisotopic (exact) mass is 220 g/mol. The zero-order valence-electron chi connectivity index (χ0n) is 9.80. The molecule has 2 nitrogen and oxygen atoms in total. The molecule has 2 atom stereocenters. The van der Waals surface area contributed by atoms with Gasteiger partial charge in [0, 0.05) is 6.61 Å². The summed E-state index contributed by atoms with van der Waals surface area (Å²) in [7, 11) is 0. The van der Waals surface area contributed by atoms with Crippen LogP contribution in [0.3, 0.4) is 0 Å². The lowest BCUT2D eigenvalue weighted by Crippen LogP contribution is -2.19. The van der Waals surface area contributed by atoms with Crippen molar-refractivity contribution in [3.05, 3.63) is 35.9 Å². The minimum Gasteiger partial charge on any atom is -0.386 e. The van der Waals surface area contributed by atoms with E-state index in [0.717, 1.165) is 24.5 Å². The van der Waals surface area contributed by atoms with Crippen LogP contribution in [-0.2, 0) is 4.74 Å². The van der Waals surface area contributed by atoms with Gasteiger partial charge in [-0.1, -0.05) is 43.2 Å². The van der Waals surface area contributed by atoms with Crippen molar-refractivity contribution in [3.63, 3.8) is 0 Å². The molecule has 0 saturated heterocycles. The lowest BCUT2D eigenvalue weighted by molar-refractivity contribution is -0.0298.